The third-order valence-electron chi connectivity index (χ3n) is 2.93. The van der Waals surface area contributed by atoms with E-state index in [2.05, 4.69) is 4.98 Å². The van der Waals surface area contributed by atoms with Gasteiger partial charge in [-0.1, -0.05) is 18.2 Å². The van der Waals surface area contributed by atoms with E-state index in [9.17, 15) is 5.11 Å². The largest absolute Gasteiger partial charge is 0.494 e. The van der Waals surface area contributed by atoms with Gasteiger partial charge in [0.25, 0.3) is 0 Å². The van der Waals surface area contributed by atoms with Crippen LogP contribution in [0.3, 0.4) is 0 Å². The second-order valence-corrected chi connectivity index (χ2v) is 4.27. The first-order chi connectivity index (χ1) is 8.64. The van der Waals surface area contributed by atoms with Crippen molar-refractivity contribution in [1.29, 1.82) is 0 Å². The lowest BCUT2D eigenvalue weighted by molar-refractivity contribution is 0.101. The van der Waals surface area contributed by atoms with Crippen molar-refractivity contribution < 1.29 is 9.84 Å². The molecule has 1 aromatic heterocycles. The van der Waals surface area contributed by atoms with Crippen molar-refractivity contribution in [2.45, 2.75) is 19.4 Å². The smallest absolute Gasteiger partial charge is 0.119 e. The molecular weight excluding hydrogens is 226 g/mol. The van der Waals surface area contributed by atoms with Gasteiger partial charge >= 0.3 is 0 Å². The molecule has 0 saturated heterocycles. The first kappa shape index (κ1) is 12.6. The lowest BCUT2D eigenvalue weighted by Gasteiger charge is -2.24. The van der Waals surface area contributed by atoms with Crippen LogP contribution in [-0.2, 0) is 5.60 Å². The summed E-state index contributed by atoms with van der Waals surface area (Å²) < 4.78 is 5.45. The van der Waals surface area contributed by atoms with Crippen LogP contribution in [0.5, 0.6) is 5.75 Å². The highest BCUT2D eigenvalue weighted by molar-refractivity contribution is 5.38. The van der Waals surface area contributed by atoms with Crippen molar-refractivity contribution in [2.24, 2.45) is 0 Å². The second kappa shape index (κ2) is 5.19. The minimum absolute atomic E-state index is 0.610. The molecule has 0 aliphatic carbocycles. The molecule has 1 N–H and O–H groups in total. The number of hydrogen-bond acceptors (Lipinski definition) is 3. The number of hydrogen-bond donors (Lipinski definition) is 1. The summed E-state index contributed by atoms with van der Waals surface area (Å²) in [4.78, 5) is 4.04. The van der Waals surface area contributed by atoms with Gasteiger partial charge in [-0.2, -0.15) is 0 Å². The maximum atomic E-state index is 10.7. The van der Waals surface area contributed by atoms with E-state index >= 15 is 0 Å². The van der Waals surface area contributed by atoms with Gasteiger partial charge in [-0.25, -0.2) is 0 Å². The summed E-state index contributed by atoms with van der Waals surface area (Å²) >= 11 is 0. The molecule has 1 aromatic carbocycles. The number of rotatable bonds is 4. The highest BCUT2D eigenvalue weighted by Gasteiger charge is 2.26. The summed E-state index contributed by atoms with van der Waals surface area (Å²) in [6.45, 7) is 4.31. The summed E-state index contributed by atoms with van der Waals surface area (Å²) in [5.41, 5.74) is 0.488. The zero-order chi connectivity index (χ0) is 13.0. The molecule has 1 heterocycles. The summed E-state index contributed by atoms with van der Waals surface area (Å²) in [5, 5.41) is 10.7. The second-order valence-electron chi connectivity index (χ2n) is 4.27. The van der Waals surface area contributed by atoms with E-state index in [-0.39, 0.29) is 0 Å². The van der Waals surface area contributed by atoms with Crippen molar-refractivity contribution in [2.75, 3.05) is 6.61 Å². The van der Waals surface area contributed by atoms with Gasteiger partial charge in [0.05, 0.1) is 6.61 Å². The predicted molar refractivity (Wildman–Crippen MR) is 70.5 cm³/mol. The first-order valence-electron chi connectivity index (χ1n) is 6.01. The Morgan fingerprint density at radius 1 is 1.22 bits per heavy atom. The maximum absolute atomic E-state index is 10.7. The van der Waals surface area contributed by atoms with E-state index in [1.54, 1.807) is 19.3 Å². The Morgan fingerprint density at radius 3 is 2.67 bits per heavy atom. The van der Waals surface area contributed by atoms with Crippen LogP contribution in [0.15, 0.2) is 48.8 Å². The molecule has 94 valence electrons. The van der Waals surface area contributed by atoms with Gasteiger partial charge in [0, 0.05) is 18.0 Å². The van der Waals surface area contributed by atoms with Gasteiger partial charge in [-0.05, 0) is 37.6 Å². The fraction of sp³-hybridized carbons (Fsp3) is 0.267. The van der Waals surface area contributed by atoms with E-state index in [0.717, 1.165) is 16.9 Å². The van der Waals surface area contributed by atoms with Crippen LogP contribution in [0.25, 0.3) is 0 Å². The number of ether oxygens (including phenoxy) is 1. The Balaban J connectivity index is 2.38. The lowest BCUT2D eigenvalue weighted by Crippen LogP contribution is -2.22. The minimum atomic E-state index is -1.07. The quantitative estimate of drug-likeness (QED) is 0.897. The molecule has 0 fully saturated rings. The summed E-state index contributed by atoms with van der Waals surface area (Å²) in [6.07, 6.45) is 3.36. The van der Waals surface area contributed by atoms with Crippen molar-refractivity contribution in [3.05, 3.63) is 59.9 Å². The average Bonchev–Trinajstić information content (AvgIpc) is 2.40. The molecule has 1 atom stereocenters. The van der Waals surface area contributed by atoms with Gasteiger partial charge in [0.15, 0.2) is 0 Å². The zero-order valence-electron chi connectivity index (χ0n) is 10.6. The maximum Gasteiger partial charge on any atom is 0.119 e. The molecule has 0 aliphatic rings. The third-order valence-corrected chi connectivity index (χ3v) is 2.93. The molecule has 0 saturated carbocycles. The fourth-order valence-electron chi connectivity index (χ4n) is 1.87. The van der Waals surface area contributed by atoms with Gasteiger partial charge in [0.1, 0.15) is 11.4 Å². The summed E-state index contributed by atoms with van der Waals surface area (Å²) in [7, 11) is 0. The van der Waals surface area contributed by atoms with Crippen molar-refractivity contribution >= 4 is 0 Å². The van der Waals surface area contributed by atoms with Crippen molar-refractivity contribution in [3.8, 4) is 5.75 Å². The number of nitrogens with zero attached hydrogens (tertiary/aromatic N) is 1. The van der Waals surface area contributed by atoms with Crippen LogP contribution in [0.2, 0.25) is 0 Å². The van der Waals surface area contributed by atoms with Crippen LogP contribution in [0, 0.1) is 0 Å². The van der Waals surface area contributed by atoms with Crippen LogP contribution >= 0.6 is 0 Å². The Labute approximate surface area is 107 Å². The van der Waals surface area contributed by atoms with Crippen LogP contribution in [0.4, 0.5) is 0 Å². The molecule has 0 spiro atoms. The van der Waals surface area contributed by atoms with Crippen LogP contribution < -0.4 is 4.74 Å². The third kappa shape index (κ3) is 2.51. The zero-order valence-corrected chi connectivity index (χ0v) is 10.6. The summed E-state index contributed by atoms with van der Waals surface area (Å²) in [5.74, 6) is 0.763. The van der Waals surface area contributed by atoms with E-state index in [4.69, 9.17) is 4.74 Å². The highest BCUT2D eigenvalue weighted by atomic mass is 16.5. The highest BCUT2D eigenvalue weighted by Crippen LogP contribution is 2.30. The minimum Gasteiger partial charge on any atom is -0.494 e. The molecular formula is C15H17NO2. The van der Waals surface area contributed by atoms with Crippen molar-refractivity contribution in [1.82, 2.24) is 4.98 Å². The Kier molecular flexibility index (Phi) is 3.63. The Bertz CT molecular complexity index is 509. The van der Waals surface area contributed by atoms with E-state index in [0.29, 0.717) is 6.61 Å². The van der Waals surface area contributed by atoms with Gasteiger partial charge in [-0.3, -0.25) is 4.98 Å². The average molecular weight is 243 g/mol. The van der Waals surface area contributed by atoms with E-state index in [1.807, 2.05) is 43.3 Å². The van der Waals surface area contributed by atoms with E-state index < -0.39 is 5.60 Å². The normalized spacial score (nSPS) is 13.9. The SMILES string of the molecule is CCOc1cccc(C(C)(O)c2cccnc2)c1. The molecule has 0 bridgehead atoms. The summed E-state index contributed by atoms with van der Waals surface area (Å²) in [6, 6.07) is 11.2. The lowest BCUT2D eigenvalue weighted by atomic mass is 9.89. The monoisotopic (exact) mass is 243 g/mol. The molecule has 0 amide bonds. The molecule has 3 nitrogen and oxygen atoms in total. The van der Waals surface area contributed by atoms with Gasteiger partial charge < -0.3 is 9.84 Å². The van der Waals surface area contributed by atoms with Crippen LogP contribution in [0.1, 0.15) is 25.0 Å². The molecule has 3 heteroatoms. The molecule has 0 aliphatic heterocycles. The topological polar surface area (TPSA) is 42.4 Å². The number of pyridine rings is 1. The van der Waals surface area contributed by atoms with E-state index in [1.165, 1.54) is 0 Å². The Hall–Kier alpha value is -1.87. The number of aliphatic hydroxyl groups is 1. The first-order valence-corrected chi connectivity index (χ1v) is 6.01. The van der Waals surface area contributed by atoms with Crippen LogP contribution in [-0.4, -0.2) is 16.7 Å². The Morgan fingerprint density at radius 2 is 2.00 bits per heavy atom. The van der Waals surface area contributed by atoms with Crippen molar-refractivity contribution in [3.63, 3.8) is 0 Å². The van der Waals surface area contributed by atoms with Gasteiger partial charge in [0.2, 0.25) is 0 Å². The molecule has 18 heavy (non-hydrogen) atoms. The molecule has 2 rings (SSSR count). The molecule has 2 aromatic rings. The fourth-order valence-corrected chi connectivity index (χ4v) is 1.87. The standard InChI is InChI=1S/C15H17NO2/c1-3-18-14-8-4-6-12(10-14)15(2,17)13-7-5-9-16-11-13/h4-11,17H,3H2,1-2H3. The molecule has 0 radical (unpaired) electrons. The number of aromatic nitrogens is 1. The predicted octanol–water partition coefficient (Wildman–Crippen LogP) is 2.74. The molecule has 1 unspecified atom stereocenters. The number of benzene rings is 1. The van der Waals surface area contributed by atoms with Gasteiger partial charge in [-0.15, -0.1) is 0 Å².